The number of benzene rings is 1. The lowest BCUT2D eigenvalue weighted by atomic mass is 10.1. The molecule has 0 atom stereocenters. The molecule has 31 heavy (non-hydrogen) atoms. The maximum Gasteiger partial charge on any atom is 0.247 e. The Morgan fingerprint density at radius 3 is 2.03 bits per heavy atom. The van der Waals surface area contributed by atoms with Crippen LogP contribution in [0.5, 0.6) is 0 Å². The lowest BCUT2D eigenvalue weighted by Crippen LogP contribution is -1.98. The minimum Gasteiger partial charge on any atom is -0.322 e. The van der Waals surface area contributed by atoms with E-state index < -0.39 is 5.69 Å². The summed E-state index contributed by atoms with van der Waals surface area (Å²) >= 11 is 7.57. The van der Waals surface area contributed by atoms with Crippen molar-refractivity contribution in [3.63, 3.8) is 0 Å². The highest BCUT2D eigenvalue weighted by Gasteiger charge is 2.21. The Hall–Kier alpha value is -0.460. The van der Waals surface area contributed by atoms with E-state index in [4.69, 9.17) is 20.9 Å². The Morgan fingerprint density at radius 1 is 0.839 bits per heavy atom. The number of rotatable bonds is 19. The minimum absolute atomic E-state index is 0.695. The first-order chi connectivity index (χ1) is 15.2. The van der Waals surface area contributed by atoms with Gasteiger partial charge in [0.2, 0.25) is 5.69 Å². The molecule has 0 aliphatic heterocycles. The summed E-state index contributed by atoms with van der Waals surface area (Å²) in [5, 5.41) is 11.2. The molecular weight excluding hydrogens is 445 g/mol. The molecule has 2 aromatic rings. The Balaban J connectivity index is 1.82. The molecule has 0 spiro atoms. The van der Waals surface area contributed by atoms with Gasteiger partial charge in [-0.05, 0) is 36.3 Å². The van der Waals surface area contributed by atoms with Crippen LogP contribution in [0.4, 0.5) is 0 Å². The number of aromatic nitrogens is 3. The van der Waals surface area contributed by atoms with Crippen LogP contribution in [0.1, 0.15) is 96.5 Å². The summed E-state index contributed by atoms with van der Waals surface area (Å²) in [6, 6.07) is 6.06. The second-order valence-electron chi connectivity index (χ2n) is 8.03. The van der Waals surface area contributed by atoms with Gasteiger partial charge in [-0.25, -0.2) is 0 Å². The van der Waals surface area contributed by atoms with Gasteiger partial charge in [0.25, 0.3) is 0 Å². The summed E-state index contributed by atoms with van der Waals surface area (Å²) < 4.78 is 12.4. The van der Waals surface area contributed by atoms with Gasteiger partial charge in [-0.2, -0.15) is 15.4 Å². The van der Waals surface area contributed by atoms with Gasteiger partial charge in [0, 0.05) is 5.75 Å². The molecule has 0 radical (unpaired) electrons. The molecule has 0 amide bonds. The average molecular weight is 486 g/mol. The van der Waals surface area contributed by atoms with E-state index in [9.17, 15) is 0 Å². The van der Waals surface area contributed by atoms with Gasteiger partial charge in [-0.1, -0.05) is 102 Å². The number of H-pyrrole nitrogens is 1. The van der Waals surface area contributed by atoms with Crippen molar-refractivity contribution in [2.24, 2.45) is 0 Å². The highest BCUT2D eigenvalue weighted by atomic mass is 32.9. The van der Waals surface area contributed by atoms with Crippen LogP contribution in [0, 0.1) is 0 Å². The van der Waals surface area contributed by atoms with E-state index in [-0.39, 0.29) is 0 Å². The number of hydrogen-bond donors (Lipinski definition) is 1. The fourth-order valence-electron chi connectivity index (χ4n) is 3.42. The first kappa shape index (κ1) is 26.8. The molecular formula is C23H40N3O2PS2. The van der Waals surface area contributed by atoms with Crippen molar-refractivity contribution in [3.05, 3.63) is 23.8 Å². The zero-order valence-corrected chi connectivity index (χ0v) is 21.8. The quantitative estimate of drug-likeness (QED) is 0.160. The predicted molar refractivity (Wildman–Crippen MR) is 138 cm³/mol. The van der Waals surface area contributed by atoms with Crippen LogP contribution in [-0.2, 0) is 26.6 Å². The molecule has 0 unspecified atom stereocenters. The third kappa shape index (κ3) is 10.8. The van der Waals surface area contributed by atoms with Crippen molar-refractivity contribution in [2.45, 2.75) is 96.7 Å². The number of hydrogen-bond acceptors (Lipinski definition) is 6. The first-order valence-electron chi connectivity index (χ1n) is 12.0. The van der Waals surface area contributed by atoms with Crippen molar-refractivity contribution in [2.75, 3.05) is 13.2 Å². The number of unbranched alkanes of at least 4 members (excludes halogenated alkanes) is 10. The zero-order valence-electron chi connectivity index (χ0n) is 19.3. The van der Waals surface area contributed by atoms with Crippen molar-refractivity contribution in [3.8, 4) is 0 Å². The van der Waals surface area contributed by atoms with Crippen LogP contribution < -0.4 is 0 Å². The molecule has 1 N–H and O–H groups in total. The number of nitrogens with zero attached hydrogens (tertiary/aromatic N) is 2. The maximum absolute atomic E-state index is 6.22. The topological polar surface area (TPSA) is 60.0 Å². The smallest absolute Gasteiger partial charge is 0.247 e. The van der Waals surface area contributed by atoms with E-state index in [1.807, 2.05) is 12.1 Å². The summed E-state index contributed by atoms with van der Waals surface area (Å²) in [4.78, 5) is 0. The van der Waals surface area contributed by atoms with Crippen molar-refractivity contribution in [1.82, 2.24) is 15.4 Å². The van der Waals surface area contributed by atoms with E-state index >= 15 is 0 Å². The summed E-state index contributed by atoms with van der Waals surface area (Å²) in [7, 11) is 0. The molecule has 1 heterocycles. The van der Waals surface area contributed by atoms with Crippen molar-refractivity contribution < 1.29 is 9.05 Å². The molecule has 0 aliphatic carbocycles. The second kappa shape index (κ2) is 16.2. The predicted octanol–water partition coefficient (Wildman–Crippen LogP) is 8.17. The average Bonchev–Trinajstić information content (AvgIpc) is 3.26. The fourth-order valence-corrected chi connectivity index (χ4v) is 7.59. The Labute approximate surface area is 197 Å². The Morgan fingerprint density at radius 2 is 1.42 bits per heavy atom. The highest BCUT2D eigenvalue weighted by molar-refractivity contribution is 8.67. The molecule has 8 heteroatoms. The molecule has 1 aromatic carbocycles. The van der Waals surface area contributed by atoms with Crippen molar-refractivity contribution >= 4 is 39.9 Å². The molecule has 176 valence electrons. The first-order valence-corrected chi connectivity index (χ1v) is 16.2. The summed E-state index contributed by atoms with van der Waals surface area (Å²) in [6.45, 7) is 5.89. The van der Waals surface area contributed by atoms with Gasteiger partial charge < -0.3 is 9.05 Å². The van der Waals surface area contributed by atoms with Crippen LogP contribution in [-0.4, -0.2) is 28.6 Å². The van der Waals surface area contributed by atoms with Crippen LogP contribution in [0.3, 0.4) is 0 Å². The summed E-state index contributed by atoms with van der Waals surface area (Å²) in [5.74, 6) is 0.730. The van der Waals surface area contributed by atoms with Gasteiger partial charge >= 0.3 is 0 Å². The molecule has 0 saturated heterocycles. The van der Waals surface area contributed by atoms with Gasteiger partial charge in [-0.3, -0.25) is 0 Å². The minimum atomic E-state index is -2.38. The van der Waals surface area contributed by atoms with Crippen LogP contribution in [0.2, 0.25) is 0 Å². The number of fused-ring (bicyclic) bond motifs is 1. The number of nitrogens with one attached hydrogen (secondary N) is 1. The van der Waals surface area contributed by atoms with E-state index in [0.717, 1.165) is 35.2 Å². The second-order valence-corrected chi connectivity index (χ2v) is 14.3. The summed E-state index contributed by atoms with van der Waals surface area (Å²) in [6.07, 6.45) is 14.9. The molecule has 0 aliphatic rings. The third-order valence-corrected chi connectivity index (χ3v) is 10.6. The lowest BCUT2D eigenvalue weighted by Gasteiger charge is -2.22. The molecule has 0 bridgehead atoms. The molecule has 0 fully saturated rings. The van der Waals surface area contributed by atoms with E-state index in [1.54, 1.807) is 11.4 Å². The van der Waals surface area contributed by atoms with Gasteiger partial charge in [0.1, 0.15) is 11.0 Å². The van der Waals surface area contributed by atoms with Crippen LogP contribution in [0.25, 0.3) is 11.0 Å². The van der Waals surface area contributed by atoms with Gasteiger partial charge in [-0.15, -0.1) is 0 Å². The molecule has 1 aromatic heterocycles. The monoisotopic (exact) mass is 485 g/mol. The largest absolute Gasteiger partial charge is 0.322 e. The van der Waals surface area contributed by atoms with E-state index in [0.29, 0.717) is 13.2 Å². The highest BCUT2D eigenvalue weighted by Crippen LogP contribution is 2.62. The lowest BCUT2D eigenvalue weighted by molar-refractivity contribution is 0.249. The molecule has 0 saturated carbocycles. The van der Waals surface area contributed by atoms with Crippen LogP contribution >= 0.6 is 17.1 Å². The van der Waals surface area contributed by atoms with E-state index in [2.05, 4.69) is 35.3 Å². The Bertz CT molecular complexity index is 750. The van der Waals surface area contributed by atoms with Gasteiger partial charge in [0.15, 0.2) is 0 Å². The van der Waals surface area contributed by atoms with Crippen molar-refractivity contribution in [1.29, 1.82) is 0 Å². The molecule has 5 nitrogen and oxygen atoms in total. The maximum atomic E-state index is 6.22. The van der Waals surface area contributed by atoms with Gasteiger partial charge in [0.05, 0.1) is 13.2 Å². The third-order valence-electron chi connectivity index (χ3n) is 5.30. The standard InChI is InChI=1S/C23H40N3O2PS2/c1-3-5-7-9-11-13-18-27-29(30,28-19-14-12-10-8-6-4-2)31-20-21-16-15-17-22-23(21)25-26-24-22/h15-17H,3-14,18-20H2,1-2H3,(H,24,25,26). The summed E-state index contributed by atoms with van der Waals surface area (Å²) in [5.41, 5.74) is 0.535. The number of aromatic amines is 1. The number of para-hydroxylation sites is 1. The zero-order chi connectivity index (χ0) is 22.2. The normalized spacial score (nSPS) is 12.1. The van der Waals surface area contributed by atoms with E-state index in [1.165, 1.54) is 64.2 Å². The van der Waals surface area contributed by atoms with Crippen LogP contribution in [0.15, 0.2) is 18.2 Å². The molecule has 2 rings (SSSR count). The SMILES string of the molecule is CCCCCCCCOP(=S)(OCCCCCCCC)SCc1cccc2n[nH]nc12. The fraction of sp³-hybridized carbons (Fsp3) is 0.739. The Kier molecular flexibility index (Phi) is 14.0.